The summed E-state index contributed by atoms with van der Waals surface area (Å²) in [6.07, 6.45) is 4.41. The monoisotopic (exact) mass is 538 g/mol. The Balaban J connectivity index is 1.73. The second-order valence-corrected chi connectivity index (χ2v) is 11.6. The lowest BCUT2D eigenvalue weighted by Crippen LogP contribution is -2.48. The van der Waals surface area contributed by atoms with Crippen LogP contribution in [0.25, 0.3) is 21.0 Å². The fraction of sp³-hybridized carbons (Fsp3) is 0.464. The van der Waals surface area contributed by atoms with E-state index in [1.165, 1.54) is 22.2 Å². The van der Waals surface area contributed by atoms with Crippen LogP contribution in [0.1, 0.15) is 50.8 Å². The van der Waals surface area contributed by atoms with Gasteiger partial charge in [0.25, 0.3) is 5.56 Å². The molecule has 202 valence electrons. The van der Waals surface area contributed by atoms with Gasteiger partial charge in [0.1, 0.15) is 22.9 Å². The third-order valence-corrected chi connectivity index (χ3v) is 8.29. The van der Waals surface area contributed by atoms with Gasteiger partial charge >= 0.3 is 5.69 Å². The van der Waals surface area contributed by atoms with E-state index in [1.54, 1.807) is 17.9 Å². The van der Waals surface area contributed by atoms with E-state index in [0.717, 1.165) is 41.9 Å². The zero-order chi connectivity index (χ0) is 27.0. The van der Waals surface area contributed by atoms with E-state index in [0.29, 0.717) is 21.9 Å². The number of nitrogens with one attached hydrogen (secondary N) is 1. The van der Waals surface area contributed by atoms with Crippen molar-refractivity contribution in [2.45, 2.75) is 64.8 Å². The van der Waals surface area contributed by atoms with E-state index in [2.05, 4.69) is 10.3 Å². The van der Waals surface area contributed by atoms with Crippen LogP contribution < -0.4 is 21.3 Å². The average Bonchev–Trinajstić information content (AvgIpc) is 3.54. The molecule has 1 aliphatic heterocycles. The number of piperidine rings is 1. The molecule has 38 heavy (non-hydrogen) atoms. The fourth-order valence-electron chi connectivity index (χ4n) is 5.12. The molecule has 0 bridgehead atoms. The van der Waals surface area contributed by atoms with Gasteiger partial charge in [-0.1, -0.05) is 18.2 Å². The van der Waals surface area contributed by atoms with Crippen LogP contribution in [0.2, 0.25) is 0 Å². The van der Waals surface area contributed by atoms with Gasteiger partial charge in [-0.05, 0) is 65.3 Å². The van der Waals surface area contributed by atoms with Crippen molar-refractivity contribution in [3.8, 4) is 16.5 Å². The lowest BCUT2D eigenvalue weighted by atomic mass is 10.1. The summed E-state index contributed by atoms with van der Waals surface area (Å²) in [7, 11) is 1.63. The topological polar surface area (TPSA) is 101 Å². The fourth-order valence-corrected chi connectivity index (χ4v) is 6.36. The summed E-state index contributed by atoms with van der Waals surface area (Å²) in [5.74, 6) is 1.12. The standard InChI is InChI=1S/C28H34N4O5S/c1-17-22-25(33)32(28(2,3)4)27(34)31(26(22)38-23(17)24-30-14-15-36-24)16-21(37-18-10-12-29-13-11-18)19-8-6-7-9-20(19)35-5/h6-9,14-15,18,21,29H,10-13,16H2,1-5H3. The Morgan fingerprint density at radius 2 is 1.95 bits per heavy atom. The van der Waals surface area contributed by atoms with Gasteiger partial charge in [-0.3, -0.25) is 13.9 Å². The second-order valence-electron chi connectivity index (χ2n) is 10.6. The van der Waals surface area contributed by atoms with Gasteiger partial charge in [-0.25, -0.2) is 9.78 Å². The molecule has 4 heterocycles. The first-order chi connectivity index (χ1) is 18.2. The van der Waals surface area contributed by atoms with E-state index in [-0.39, 0.29) is 23.9 Å². The minimum Gasteiger partial charge on any atom is -0.496 e. The summed E-state index contributed by atoms with van der Waals surface area (Å²) in [6, 6.07) is 7.74. The number of aryl methyl sites for hydroxylation is 1. The van der Waals surface area contributed by atoms with Crippen molar-refractivity contribution in [1.29, 1.82) is 0 Å². The molecule has 0 aliphatic carbocycles. The van der Waals surface area contributed by atoms with Gasteiger partial charge in [0.2, 0.25) is 5.89 Å². The van der Waals surface area contributed by atoms with E-state index < -0.39 is 11.6 Å². The lowest BCUT2D eigenvalue weighted by Gasteiger charge is -2.30. The van der Waals surface area contributed by atoms with Crippen LogP contribution in [0.4, 0.5) is 0 Å². The van der Waals surface area contributed by atoms with Gasteiger partial charge in [0.05, 0.1) is 36.2 Å². The molecule has 3 aromatic heterocycles. The third-order valence-electron chi connectivity index (χ3n) is 6.99. The number of fused-ring (bicyclic) bond motifs is 1. The number of thiophene rings is 1. The maximum absolute atomic E-state index is 14.1. The van der Waals surface area contributed by atoms with E-state index >= 15 is 0 Å². The Labute approximate surface area is 225 Å². The summed E-state index contributed by atoms with van der Waals surface area (Å²) < 4.78 is 21.0. The average molecular weight is 539 g/mol. The number of hydrogen-bond donors (Lipinski definition) is 1. The van der Waals surface area contributed by atoms with Gasteiger partial charge in [-0.2, -0.15) is 0 Å². The molecular weight excluding hydrogens is 504 g/mol. The van der Waals surface area contributed by atoms with E-state index in [4.69, 9.17) is 13.9 Å². The second kappa shape index (κ2) is 10.5. The van der Waals surface area contributed by atoms with Crippen LogP contribution >= 0.6 is 11.3 Å². The number of methoxy groups -OCH3 is 1. The van der Waals surface area contributed by atoms with Crippen LogP contribution in [0.5, 0.6) is 5.75 Å². The van der Waals surface area contributed by atoms with Crippen LogP contribution in [-0.4, -0.2) is 40.4 Å². The zero-order valence-corrected chi connectivity index (χ0v) is 23.3. The molecule has 0 saturated carbocycles. The first kappa shape index (κ1) is 26.4. The summed E-state index contributed by atoms with van der Waals surface area (Å²) in [5.41, 5.74) is 0.204. The van der Waals surface area contributed by atoms with Gasteiger partial charge in [0.15, 0.2) is 0 Å². The first-order valence-electron chi connectivity index (χ1n) is 12.9. The highest BCUT2D eigenvalue weighted by atomic mass is 32.1. The van der Waals surface area contributed by atoms with Crippen LogP contribution in [0, 0.1) is 6.92 Å². The highest BCUT2D eigenvalue weighted by Gasteiger charge is 2.30. The molecule has 0 spiro atoms. The molecule has 1 unspecified atom stereocenters. The first-order valence-corrected chi connectivity index (χ1v) is 13.7. The molecule has 1 saturated heterocycles. The number of aromatic nitrogens is 3. The smallest absolute Gasteiger partial charge is 0.332 e. The quantitative estimate of drug-likeness (QED) is 0.371. The van der Waals surface area contributed by atoms with Crippen molar-refractivity contribution in [3.63, 3.8) is 0 Å². The van der Waals surface area contributed by atoms with Crippen molar-refractivity contribution in [2.75, 3.05) is 20.2 Å². The minimum absolute atomic E-state index is 0.0406. The molecule has 4 aromatic rings. The number of ether oxygens (including phenoxy) is 2. The number of rotatable bonds is 7. The van der Waals surface area contributed by atoms with Crippen molar-refractivity contribution in [3.05, 3.63) is 68.7 Å². The minimum atomic E-state index is -0.725. The SMILES string of the molecule is COc1ccccc1C(Cn1c(=O)n(C(C)(C)C)c(=O)c2c(C)c(-c3ncco3)sc21)OC1CCNCC1. The maximum atomic E-state index is 14.1. The summed E-state index contributed by atoms with van der Waals surface area (Å²) in [5, 5.41) is 3.87. The molecule has 1 aliphatic rings. The molecule has 10 heteroatoms. The molecule has 1 N–H and O–H groups in total. The predicted octanol–water partition coefficient (Wildman–Crippen LogP) is 4.46. The van der Waals surface area contributed by atoms with Crippen molar-refractivity contribution in [1.82, 2.24) is 19.4 Å². The molecule has 0 radical (unpaired) electrons. The largest absolute Gasteiger partial charge is 0.496 e. The number of nitrogens with zero attached hydrogens (tertiary/aromatic N) is 3. The van der Waals surface area contributed by atoms with Crippen molar-refractivity contribution >= 4 is 21.6 Å². The van der Waals surface area contributed by atoms with Gasteiger partial charge < -0.3 is 19.2 Å². The van der Waals surface area contributed by atoms with Gasteiger partial charge in [0, 0.05) is 11.1 Å². The Morgan fingerprint density at radius 1 is 1.21 bits per heavy atom. The van der Waals surface area contributed by atoms with Crippen LogP contribution in [-0.2, 0) is 16.8 Å². The Kier molecular flexibility index (Phi) is 7.30. The zero-order valence-electron chi connectivity index (χ0n) is 22.4. The number of benzene rings is 1. The normalized spacial score (nSPS) is 15.7. The predicted molar refractivity (Wildman–Crippen MR) is 148 cm³/mol. The van der Waals surface area contributed by atoms with Crippen LogP contribution in [0.15, 0.2) is 50.7 Å². The highest BCUT2D eigenvalue weighted by Crippen LogP contribution is 2.37. The Hall–Kier alpha value is -3.21. The van der Waals surface area contributed by atoms with Crippen molar-refractivity contribution in [2.24, 2.45) is 0 Å². The third kappa shape index (κ3) is 4.83. The van der Waals surface area contributed by atoms with E-state index in [9.17, 15) is 9.59 Å². The molecule has 0 amide bonds. The number of oxazole rings is 1. The summed E-state index contributed by atoms with van der Waals surface area (Å²) in [6.45, 7) is 9.47. The van der Waals surface area contributed by atoms with Gasteiger partial charge in [-0.15, -0.1) is 11.3 Å². The molecule has 1 atom stereocenters. The van der Waals surface area contributed by atoms with Crippen LogP contribution in [0.3, 0.4) is 0 Å². The summed E-state index contributed by atoms with van der Waals surface area (Å²) in [4.78, 5) is 33.5. The maximum Gasteiger partial charge on any atom is 0.332 e. The molecular formula is C28H34N4O5S. The Bertz CT molecular complexity index is 1540. The lowest BCUT2D eigenvalue weighted by molar-refractivity contribution is -0.0369. The van der Waals surface area contributed by atoms with E-state index in [1.807, 2.05) is 52.0 Å². The molecule has 9 nitrogen and oxygen atoms in total. The van der Waals surface area contributed by atoms with Crippen molar-refractivity contribution < 1.29 is 13.9 Å². The molecule has 1 fully saturated rings. The Morgan fingerprint density at radius 3 is 2.61 bits per heavy atom. The molecule has 1 aromatic carbocycles. The summed E-state index contributed by atoms with van der Waals surface area (Å²) >= 11 is 1.35. The number of para-hydroxylation sites is 1. The number of hydrogen-bond acceptors (Lipinski definition) is 8. The highest BCUT2D eigenvalue weighted by molar-refractivity contribution is 7.22. The molecule has 5 rings (SSSR count).